The van der Waals surface area contributed by atoms with Crippen LogP contribution in [-0.2, 0) is 12.8 Å². The Hall–Kier alpha value is -1.06. The first-order valence-electron chi connectivity index (χ1n) is 6.63. The molecule has 0 aliphatic rings. The van der Waals surface area contributed by atoms with Crippen LogP contribution < -0.4 is 11.3 Å². The van der Waals surface area contributed by atoms with Crippen molar-refractivity contribution in [3.05, 3.63) is 69.2 Å². The molecule has 1 atom stereocenters. The Kier molecular flexibility index (Phi) is 5.44. The van der Waals surface area contributed by atoms with Crippen LogP contribution in [0.2, 0.25) is 10.0 Å². The van der Waals surface area contributed by atoms with Gasteiger partial charge in [-0.05, 0) is 41.7 Å². The van der Waals surface area contributed by atoms with Gasteiger partial charge in [-0.2, -0.15) is 0 Å². The van der Waals surface area contributed by atoms with Crippen LogP contribution in [0.4, 0.5) is 0 Å². The molecule has 106 valence electrons. The summed E-state index contributed by atoms with van der Waals surface area (Å²) in [5, 5.41) is 1.34. The van der Waals surface area contributed by atoms with Crippen LogP contribution in [-0.4, -0.2) is 0 Å². The third kappa shape index (κ3) is 3.53. The predicted molar refractivity (Wildman–Crippen MR) is 86.1 cm³/mol. The van der Waals surface area contributed by atoms with Crippen molar-refractivity contribution in [3.8, 4) is 0 Å². The van der Waals surface area contributed by atoms with Gasteiger partial charge in [-0.1, -0.05) is 60.5 Å². The molecule has 0 spiro atoms. The number of halogens is 2. The minimum absolute atomic E-state index is 0.0149. The van der Waals surface area contributed by atoms with Gasteiger partial charge in [0.2, 0.25) is 0 Å². The van der Waals surface area contributed by atoms with Crippen LogP contribution in [0, 0.1) is 0 Å². The van der Waals surface area contributed by atoms with E-state index in [1.807, 2.05) is 24.3 Å². The summed E-state index contributed by atoms with van der Waals surface area (Å²) >= 11 is 12.4. The topological polar surface area (TPSA) is 38.0 Å². The first-order chi connectivity index (χ1) is 9.65. The van der Waals surface area contributed by atoms with E-state index in [4.69, 9.17) is 29.0 Å². The molecule has 2 nitrogen and oxygen atoms in total. The third-order valence-electron chi connectivity index (χ3n) is 3.43. The van der Waals surface area contributed by atoms with Crippen LogP contribution in [0.25, 0.3) is 0 Å². The minimum atomic E-state index is -0.0149. The first-order valence-corrected chi connectivity index (χ1v) is 7.39. The summed E-state index contributed by atoms with van der Waals surface area (Å²) in [5.74, 6) is 5.71. The number of hydrazine groups is 1. The fraction of sp³-hybridized carbons (Fsp3) is 0.250. The fourth-order valence-corrected chi connectivity index (χ4v) is 2.79. The van der Waals surface area contributed by atoms with Gasteiger partial charge in [0.05, 0.1) is 6.04 Å². The van der Waals surface area contributed by atoms with Crippen molar-refractivity contribution >= 4 is 23.2 Å². The number of hydrogen-bond donors (Lipinski definition) is 2. The van der Waals surface area contributed by atoms with Crippen molar-refractivity contribution in [3.63, 3.8) is 0 Å². The van der Waals surface area contributed by atoms with Crippen LogP contribution in [0.5, 0.6) is 0 Å². The highest BCUT2D eigenvalue weighted by atomic mass is 35.5. The highest BCUT2D eigenvalue weighted by Crippen LogP contribution is 2.29. The van der Waals surface area contributed by atoms with Gasteiger partial charge in [0.1, 0.15) is 0 Å². The Balaban J connectivity index is 2.29. The van der Waals surface area contributed by atoms with Gasteiger partial charge in [-0.3, -0.25) is 11.3 Å². The molecule has 0 radical (unpaired) electrons. The number of hydrogen-bond acceptors (Lipinski definition) is 2. The van der Waals surface area contributed by atoms with E-state index in [1.165, 1.54) is 5.56 Å². The molecule has 0 heterocycles. The molecule has 20 heavy (non-hydrogen) atoms. The summed E-state index contributed by atoms with van der Waals surface area (Å²) < 4.78 is 0. The number of benzene rings is 2. The quantitative estimate of drug-likeness (QED) is 0.638. The standard InChI is InChI=1S/C16H18Cl2N2/c1-2-11-5-3-6-12(9-11)16(20-19)10-13-14(17)7-4-8-15(13)18/h3-9,16,20H,2,10,19H2,1H3. The summed E-state index contributed by atoms with van der Waals surface area (Å²) in [5.41, 5.74) is 6.20. The van der Waals surface area contributed by atoms with Crippen LogP contribution in [0.3, 0.4) is 0 Å². The van der Waals surface area contributed by atoms with Gasteiger partial charge in [0.15, 0.2) is 0 Å². The molecule has 0 aliphatic carbocycles. The average molecular weight is 309 g/mol. The second-order valence-electron chi connectivity index (χ2n) is 4.72. The zero-order valence-electron chi connectivity index (χ0n) is 11.4. The van der Waals surface area contributed by atoms with E-state index in [0.29, 0.717) is 16.5 Å². The van der Waals surface area contributed by atoms with E-state index in [9.17, 15) is 0 Å². The maximum atomic E-state index is 6.22. The number of aryl methyl sites for hydroxylation is 1. The smallest absolute Gasteiger partial charge is 0.0501 e. The van der Waals surface area contributed by atoms with Gasteiger partial charge < -0.3 is 0 Å². The molecule has 0 saturated carbocycles. The lowest BCUT2D eigenvalue weighted by atomic mass is 9.97. The summed E-state index contributed by atoms with van der Waals surface area (Å²) in [7, 11) is 0. The molecular formula is C16H18Cl2N2. The van der Waals surface area contributed by atoms with Gasteiger partial charge in [-0.15, -0.1) is 0 Å². The highest BCUT2D eigenvalue weighted by Gasteiger charge is 2.15. The van der Waals surface area contributed by atoms with Crippen molar-refractivity contribution in [2.45, 2.75) is 25.8 Å². The van der Waals surface area contributed by atoms with Crippen LogP contribution in [0.1, 0.15) is 29.7 Å². The van der Waals surface area contributed by atoms with Crippen molar-refractivity contribution in [1.82, 2.24) is 5.43 Å². The molecule has 0 fully saturated rings. The molecule has 4 heteroatoms. The lowest BCUT2D eigenvalue weighted by Crippen LogP contribution is -2.29. The lowest BCUT2D eigenvalue weighted by Gasteiger charge is -2.18. The zero-order chi connectivity index (χ0) is 14.5. The fourth-order valence-electron chi connectivity index (χ4n) is 2.23. The number of rotatable bonds is 5. The van der Waals surface area contributed by atoms with Gasteiger partial charge >= 0.3 is 0 Å². The molecule has 0 aromatic heterocycles. The molecule has 2 aromatic carbocycles. The molecule has 2 aromatic rings. The van der Waals surface area contributed by atoms with Crippen molar-refractivity contribution < 1.29 is 0 Å². The Labute approximate surface area is 129 Å². The van der Waals surface area contributed by atoms with Crippen LogP contribution in [0.15, 0.2) is 42.5 Å². The number of nitrogens with one attached hydrogen (secondary N) is 1. The molecule has 0 bridgehead atoms. The third-order valence-corrected chi connectivity index (χ3v) is 4.14. The Morgan fingerprint density at radius 3 is 2.35 bits per heavy atom. The van der Waals surface area contributed by atoms with E-state index in [-0.39, 0.29) is 6.04 Å². The second kappa shape index (κ2) is 7.09. The van der Waals surface area contributed by atoms with E-state index < -0.39 is 0 Å². The van der Waals surface area contributed by atoms with Crippen LogP contribution >= 0.6 is 23.2 Å². The number of nitrogens with two attached hydrogens (primary N) is 1. The molecular weight excluding hydrogens is 291 g/mol. The first kappa shape index (κ1) is 15.3. The predicted octanol–water partition coefficient (Wildman–Crippen LogP) is 4.30. The molecule has 3 N–H and O–H groups in total. The largest absolute Gasteiger partial charge is 0.271 e. The maximum absolute atomic E-state index is 6.22. The minimum Gasteiger partial charge on any atom is -0.271 e. The zero-order valence-corrected chi connectivity index (χ0v) is 12.9. The van der Waals surface area contributed by atoms with Crippen molar-refractivity contribution in [1.29, 1.82) is 0 Å². The van der Waals surface area contributed by atoms with E-state index in [0.717, 1.165) is 17.5 Å². The SMILES string of the molecule is CCc1cccc(C(Cc2c(Cl)cccc2Cl)NN)c1. The van der Waals surface area contributed by atoms with E-state index >= 15 is 0 Å². The molecule has 0 aliphatic heterocycles. The summed E-state index contributed by atoms with van der Waals surface area (Å²) in [6, 6.07) is 13.9. The summed E-state index contributed by atoms with van der Waals surface area (Å²) in [4.78, 5) is 0. The molecule has 2 rings (SSSR count). The Bertz CT molecular complexity index is 564. The van der Waals surface area contributed by atoms with Gasteiger partial charge in [0.25, 0.3) is 0 Å². The Morgan fingerprint density at radius 2 is 1.75 bits per heavy atom. The molecule has 1 unspecified atom stereocenters. The average Bonchev–Trinajstić information content (AvgIpc) is 2.47. The van der Waals surface area contributed by atoms with E-state index in [2.05, 4.69) is 30.5 Å². The van der Waals surface area contributed by atoms with E-state index in [1.54, 1.807) is 0 Å². The van der Waals surface area contributed by atoms with Gasteiger partial charge in [-0.25, -0.2) is 0 Å². The van der Waals surface area contributed by atoms with Crippen molar-refractivity contribution in [2.24, 2.45) is 5.84 Å². The summed E-state index contributed by atoms with van der Waals surface area (Å²) in [6.07, 6.45) is 1.65. The van der Waals surface area contributed by atoms with Crippen molar-refractivity contribution in [2.75, 3.05) is 0 Å². The monoisotopic (exact) mass is 308 g/mol. The molecule has 0 amide bonds. The Morgan fingerprint density at radius 1 is 1.10 bits per heavy atom. The second-order valence-corrected chi connectivity index (χ2v) is 5.54. The summed E-state index contributed by atoms with van der Waals surface area (Å²) in [6.45, 7) is 2.13. The maximum Gasteiger partial charge on any atom is 0.0501 e. The normalized spacial score (nSPS) is 12.4. The molecule has 0 saturated heterocycles. The van der Waals surface area contributed by atoms with Gasteiger partial charge in [0, 0.05) is 10.0 Å². The lowest BCUT2D eigenvalue weighted by molar-refractivity contribution is 0.551. The highest BCUT2D eigenvalue weighted by molar-refractivity contribution is 6.36.